The number of halogens is 2. The molecule has 0 saturated heterocycles. The topological polar surface area (TPSA) is 73.6 Å². The number of carbonyl (C=O) groups excluding carboxylic acids is 1. The Morgan fingerprint density at radius 1 is 1.04 bits per heavy atom. The number of aromatic nitrogens is 1. The van der Waals surface area contributed by atoms with E-state index in [1.54, 1.807) is 18.2 Å². The van der Waals surface area contributed by atoms with Gasteiger partial charge in [0.25, 0.3) is 5.91 Å². The highest BCUT2D eigenvalue weighted by molar-refractivity contribution is 6.05. The Balaban J connectivity index is 1.89. The van der Waals surface area contributed by atoms with Crippen molar-refractivity contribution in [1.29, 1.82) is 0 Å². The first-order chi connectivity index (χ1) is 12.5. The highest BCUT2D eigenvalue weighted by atomic mass is 19.2. The first-order valence-electron chi connectivity index (χ1n) is 7.47. The molecule has 0 fully saturated rings. The van der Waals surface area contributed by atoms with Crippen LogP contribution in [0.2, 0.25) is 0 Å². The van der Waals surface area contributed by atoms with Gasteiger partial charge in [0.1, 0.15) is 0 Å². The number of hydrogen-bond acceptors (Lipinski definition) is 5. The molecule has 3 rings (SSSR count). The molecule has 26 heavy (non-hydrogen) atoms. The van der Waals surface area contributed by atoms with E-state index in [2.05, 4.69) is 10.5 Å². The molecule has 0 unspecified atom stereocenters. The van der Waals surface area contributed by atoms with Gasteiger partial charge in [0.05, 0.1) is 26.0 Å². The molecule has 134 valence electrons. The van der Waals surface area contributed by atoms with E-state index < -0.39 is 17.5 Å². The number of nitrogens with one attached hydrogen (secondary N) is 1. The smallest absolute Gasteiger partial charge is 0.258 e. The number of ether oxygens (including phenoxy) is 2. The molecule has 1 amide bonds. The Hall–Kier alpha value is -3.42. The minimum Gasteiger partial charge on any atom is -0.493 e. The van der Waals surface area contributed by atoms with Crippen LogP contribution in [-0.2, 0) is 0 Å². The van der Waals surface area contributed by atoms with Crippen molar-refractivity contribution >= 4 is 11.8 Å². The summed E-state index contributed by atoms with van der Waals surface area (Å²) in [5.74, 6) is -1.72. The minimum atomic E-state index is -1.12. The van der Waals surface area contributed by atoms with Gasteiger partial charge in [0.15, 0.2) is 23.1 Å². The lowest BCUT2D eigenvalue weighted by molar-refractivity contribution is 0.102. The van der Waals surface area contributed by atoms with Gasteiger partial charge in [-0.3, -0.25) is 10.1 Å². The van der Waals surface area contributed by atoms with E-state index in [-0.39, 0.29) is 11.4 Å². The maximum Gasteiger partial charge on any atom is 0.258 e. The predicted molar refractivity (Wildman–Crippen MR) is 89.4 cm³/mol. The summed E-state index contributed by atoms with van der Waals surface area (Å²) >= 11 is 0. The number of carbonyl (C=O) groups is 1. The Bertz CT molecular complexity index is 956. The fourth-order valence-corrected chi connectivity index (χ4v) is 2.35. The van der Waals surface area contributed by atoms with Crippen molar-refractivity contribution in [3.63, 3.8) is 0 Å². The van der Waals surface area contributed by atoms with Crippen LogP contribution in [0.3, 0.4) is 0 Å². The number of nitrogens with zero attached hydrogens (tertiary/aromatic N) is 1. The molecule has 1 heterocycles. The summed E-state index contributed by atoms with van der Waals surface area (Å²) in [5.41, 5.74) is 1.09. The van der Waals surface area contributed by atoms with Gasteiger partial charge in [0, 0.05) is 5.56 Å². The number of anilines is 1. The zero-order valence-electron chi connectivity index (χ0n) is 13.9. The van der Waals surface area contributed by atoms with Crippen molar-refractivity contribution in [1.82, 2.24) is 5.16 Å². The maximum atomic E-state index is 13.3. The van der Waals surface area contributed by atoms with Crippen LogP contribution < -0.4 is 14.8 Å². The lowest BCUT2D eigenvalue weighted by atomic mass is 10.1. The molecule has 0 aliphatic rings. The van der Waals surface area contributed by atoms with Gasteiger partial charge in [-0.25, -0.2) is 8.78 Å². The molecule has 0 radical (unpaired) electrons. The Morgan fingerprint density at radius 2 is 1.81 bits per heavy atom. The maximum absolute atomic E-state index is 13.3. The summed E-state index contributed by atoms with van der Waals surface area (Å²) < 4.78 is 41.8. The quantitative estimate of drug-likeness (QED) is 0.747. The highest BCUT2D eigenvalue weighted by Crippen LogP contribution is 2.35. The average molecular weight is 360 g/mol. The van der Waals surface area contributed by atoms with E-state index in [1.165, 1.54) is 26.5 Å². The van der Waals surface area contributed by atoms with Crippen LogP contribution >= 0.6 is 0 Å². The van der Waals surface area contributed by atoms with E-state index in [0.717, 1.165) is 12.1 Å². The van der Waals surface area contributed by atoms with Gasteiger partial charge in [-0.05, 0) is 35.9 Å². The second-order valence-electron chi connectivity index (χ2n) is 5.22. The van der Waals surface area contributed by atoms with Crippen molar-refractivity contribution < 1.29 is 27.6 Å². The Labute approximate surface area is 147 Å². The van der Waals surface area contributed by atoms with Crippen molar-refractivity contribution in [3.05, 3.63) is 59.8 Å². The molecule has 8 heteroatoms. The number of hydrogen-bond donors (Lipinski definition) is 1. The van der Waals surface area contributed by atoms with E-state index in [0.29, 0.717) is 22.6 Å². The fourth-order valence-electron chi connectivity index (χ4n) is 2.35. The van der Waals surface area contributed by atoms with Crippen LogP contribution in [0.1, 0.15) is 10.4 Å². The van der Waals surface area contributed by atoms with Crippen LogP contribution in [0.15, 0.2) is 47.1 Å². The summed E-state index contributed by atoms with van der Waals surface area (Å²) in [6.45, 7) is 0. The van der Waals surface area contributed by atoms with E-state index in [9.17, 15) is 13.6 Å². The summed E-state index contributed by atoms with van der Waals surface area (Å²) in [6, 6.07) is 7.97. The molecule has 6 nitrogen and oxygen atoms in total. The Morgan fingerprint density at radius 3 is 2.50 bits per heavy atom. The van der Waals surface area contributed by atoms with Crippen LogP contribution in [0.5, 0.6) is 11.5 Å². The van der Waals surface area contributed by atoms with Gasteiger partial charge < -0.3 is 14.0 Å². The third-order valence-corrected chi connectivity index (χ3v) is 3.67. The zero-order valence-corrected chi connectivity index (χ0v) is 13.9. The summed E-state index contributed by atoms with van der Waals surface area (Å²) in [7, 11) is 3.02. The van der Waals surface area contributed by atoms with Crippen molar-refractivity contribution in [2.45, 2.75) is 0 Å². The van der Waals surface area contributed by atoms with Crippen molar-refractivity contribution in [2.75, 3.05) is 19.5 Å². The molecule has 0 atom stereocenters. The zero-order chi connectivity index (χ0) is 18.7. The molecule has 0 aliphatic heterocycles. The number of amides is 1. The SMILES string of the molecule is COc1ccc(-c2cnoc2NC(=O)c2ccc(F)c(F)c2)cc1OC. The largest absolute Gasteiger partial charge is 0.493 e. The number of rotatable bonds is 5. The lowest BCUT2D eigenvalue weighted by Gasteiger charge is -2.09. The normalized spacial score (nSPS) is 10.5. The monoisotopic (exact) mass is 360 g/mol. The minimum absolute atomic E-state index is 0.0569. The van der Waals surface area contributed by atoms with E-state index >= 15 is 0 Å². The second-order valence-corrected chi connectivity index (χ2v) is 5.22. The Kier molecular flexibility index (Phi) is 4.83. The molecule has 1 aromatic heterocycles. The second kappa shape index (κ2) is 7.22. The molecule has 1 N–H and O–H groups in total. The lowest BCUT2D eigenvalue weighted by Crippen LogP contribution is -2.12. The third-order valence-electron chi connectivity index (χ3n) is 3.67. The van der Waals surface area contributed by atoms with Crippen molar-refractivity contribution in [2.24, 2.45) is 0 Å². The third kappa shape index (κ3) is 3.34. The van der Waals surface area contributed by atoms with Crippen LogP contribution in [0.25, 0.3) is 11.1 Å². The summed E-state index contributed by atoms with van der Waals surface area (Å²) in [4.78, 5) is 12.2. The molecular weight excluding hydrogens is 346 g/mol. The van der Waals surface area contributed by atoms with Gasteiger partial charge in [-0.2, -0.15) is 0 Å². The molecule has 3 aromatic rings. The van der Waals surface area contributed by atoms with Crippen LogP contribution in [-0.4, -0.2) is 25.3 Å². The fraction of sp³-hybridized carbons (Fsp3) is 0.111. The number of methoxy groups -OCH3 is 2. The molecule has 0 spiro atoms. The van der Waals surface area contributed by atoms with Crippen LogP contribution in [0, 0.1) is 11.6 Å². The molecule has 0 aliphatic carbocycles. The van der Waals surface area contributed by atoms with Gasteiger partial charge in [0.2, 0.25) is 5.88 Å². The first-order valence-corrected chi connectivity index (χ1v) is 7.47. The van der Waals surface area contributed by atoms with E-state index in [4.69, 9.17) is 14.0 Å². The van der Waals surface area contributed by atoms with Crippen molar-refractivity contribution in [3.8, 4) is 22.6 Å². The van der Waals surface area contributed by atoms with Gasteiger partial charge in [-0.15, -0.1) is 0 Å². The van der Waals surface area contributed by atoms with Crippen LogP contribution in [0.4, 0.5) is 14.7 Å². The number of benzene rings is 2. The average Bonchev–Trinajstić information content (AvgIpc) is 3.11. The molecule has 0 bridgehead atoms. The molecular formula is C18H14F2N2O4. The highest BCUT2D eigenvalue weighted by Gasteiger charge is 2.17. The molecule has 0 saturated carbocycles. The van der Waals surface area contributed by atoms with Gasteiger partial charge in [-0.1, -0.05) is 11.2 Å². The predicted octanol–water partition coefficient (Wildman–Crippen LogP) is 3.89. The summed E-state index contributed by atoms with van der Waals surface area (Å²) in [5, 5.41) is 6.17. The summed E-state index contributed by atoms with van der Waals surface area (Å²) in [6.07, 6.45) is 1.42. The van der Waals surface area contributed by atoms with E-state index in [1.807, 2.05) is 0 Å². The first kappa shape index (κ1) is 17.4. The standard InChI is InChI=1S/C18H14F2N2O4/c1-24-15-6-4-10(8-16(15)25-2)12-9-21-26-18(12)22-17(23)11-3-5-13(19)14(20)7-11/h3-9H,1-2H3,(H,22,23). The van der Waals surface area contributed by atoms with Gasteiger partial charge >= 0.3 is 0 Å². The molecule has 2 aromatic carbocycles.